The maximum absolute atomic E-state index is 12.0. The van der Waals surface area contributed by atoms with Gasteiger partial charge in [0, 0.05) is 26.1 Å². The molecule has 0 saturated heterocycles. The molecule has 1 aliphatic rings. The molecule has 1 amide bonds. The molecule has 1 aromatic rings. The minimum atomic E-state index is -0.495. The fraction of sp³-hybridized carbons (Fsp3) is 0.615. The van der Waals surface area contributed by atoms with Gasteiger partial charge in [-0.15, -0.1) is 0 Å². The van der Waals surface area contributed by atoms with Gasteiger partial charge in [-0.2, -0.15) is 0 Å². The van der Waals surface area contributed by atoms with Crippen molar-refractivity contribution in [1.82, 2.24) is 14.5 Å². The first-order valence-corrected chi connectivity index (χ1v) is 6.38. The predicted molar refractivity (Wildman–Crippen MR) is 69.1 cm³/mol. The van der Waals surface area contributed by atoms with E-state index in [1.54, 1.807) is 11.1 Å². The summed E-state index contributed by atoms with van der Waals surface area (Å²) in [5, 5.41) is 0. The number of ether oxygens (including phenoxy) is 1. The highest BCUT2D eigenvalue weighted by atomic mass is 16.6. The van der Waals surface area contributed by atoms with Crippen LogP contribution in [0.4, 0.5) is 4.79 Å². The zero-order valence-electron chi connectivity index (χ0n) is 11.5. The fourth-order valence-corrected chi connectivity index (χ4v) is 2.06. The Bertz CT molecular complexity index is 488. The molecule has 1 aromatic heterocycles. The molecule has 0 aromatic carbocycles. The van der Waals surface area contributed by atoms with Gasteiger partial charge < -0.3 is 14.2 Å². The summed E-state index contributed by atoms with van der Waals surface area (Å²) in [6.07, 6.45) is 2.68. The Morgan fingerprint density at radius 3 is 2.74 bits per heavy atom. The molecule has 2 heterocycles. The van der Waals surface area contributed by atoms with Crippen LogP contribution in [0.1, 0.15) is 37.1 Å². The van der Waals surface area contributed by atoms with Crippen LogP contribution in [0.3, 0.4) is 0 Å². The third kappa shape index (κ3) is 3.13. The van der Waals surface area contributed by atoms with Crippen molar-refractivity contribution in [2.24, 2.45) is 0 Å². The SMILES string of the molecule is CC(C)(C)OC(=O)N1CCc2ncc(C=O)n2CC1. The van der Waals surface area contributed by atoms with E-state index in [9.17, 15) is 9.59 Å². The maximum Gasteiger partial charge on any atom is 0.410 e. The van der Waals surface area contributed by atoms with Gasteiger partial charge in [0.05, 0.1) is 6.20 Å². The summed E-state index contributed by atoms with van der Waals surface area (Å²) in [6.45, 7) is 7.20. The van der Waals surface area contributed by atoms with Gasteiger partial charge in [-0.25, -0.2) is 9.78 Å². The van der Waals surface area contributed by atoms with Gasteiger partial charge in [-0.05, 0) is 20.8 Å². The number of aldehydes is 1. The lowest BCUT2D eigenvalue weighted by Gasteiger charge is -2.26. The first kappa shape index (κ1) is 13.6. The Labute approximate surface area is 112 Å². The quantitative estimate of drug-likeness (QED) is 0.722. The van der Waals surface area contributed by atoms with E-state index in [0.717, 1.165) is 12.1 Å². The first-order valence-electron chi connectivity index (χ1n) is 6.38. The third-order valence-electron chi connectivity index (χ3n) is 2.94. The van der Waals surface area contributed by atoms with Crippen molar-refractivity contribution in [3.05, 3.63) is 17.7 Å². The highest BCUT2D eigenvalue weighted by Crippen LogP contribution is 2.14. The number of hydrogen-bond donors (Lipinski definition) is 0. The molecule has 19 heavy (non-hydrogen) atoms. The monoisotopic (exact) mass is 265 g/mol. The van der Waals surface area contributed by atoms with Crippen LogP contribution in [-0.4, -0.2) is 45.5 Å². The van der Waals surface area contributed by atoms with E-state index in [0.29, 0.717) is 31.7 Å². The molecule has 0 bridgehead atoms. The molecule has 0 N–H and O–H groups in total. The van der Waals surface area contributed by atoms with Crippen LogP contribution in [-0.2, 0) is 17.7 Å². The van der Waals surface area contributed by atoms with Gasteiger partial charge in [-0.3, -0.25) is 4.79 Å². The van der Waals surface area contributed by atoms with E-state index in [1.807, 2.05) is 25.3 Å². The number of fused-ring (bicyclic) bond motifs is 1. The number of carbonyl (C=O) groups is 2. The van der Waals surface area contributed by atoms with Gasteiger partial charge in [0.2, 0.25) is 0 Å². The molecule has 6 heteroatoms. The lowest BCUT2D eigenvalue weighted by Crippen LogP contribution is -2.38. The minimum Gasteiger partial charge on any atom is -0.444 e. The molecule has 0 radical (unpaired) electrons. The highest BCUT2D eigenvalue weighted by molar-refractivity contribution is 5.72. The molecule has 0 aliphatic carbocycles. The molecule has 0 spiro atoms. The second kappa shape index (κ2) is 5.03. The number of imidazole rings is 1. The molecule has 6 nitrogen and oxygen atoms in total. The zero-order chi connectivity index (χ0) is 14.0. The first-order chi connectivity index (χ1) is 8.90. The number of rotatable bonds is 1. The summed E-state index contributed by atoms with van der Waals surface area (Å²) < 4.78 is 7.21. The van der Waals surface area contributed by atoms with Crippen LogP contribution >= 0.6 is 0 Å². The average Bonchev–Trinajstić information content (AvgIpc) is 2.57. The summed E-state index contributed by atoms with van der Waals surface area (Å²) in [5.74, 6) is 0.841. The van der Waals surface area contributed by atoms with E-state index in [-0.39, 0.29) is 6.09 Å². The van der Waals surface area contributed by atoms with Crippen molar-refractivity contribution < 1.29 is 14.3 Å². The van der Waals surface area contributed by atoms with Crippen molar-refractivity contribution in [3.8, 4) is 0 Å². The fourth-order valence-electron chi connectivity index (χ4n) is 2.06. The van der Waals surface area contributed by atoms with Crippen molar-refractivity contribution in [2.45, 2.75) is 39.3 Å². The second-order valence-electron chi connectivity index (χ2n) is 5.59. The summed E-state index contributed by atoms with van der Waals surface area (Å²) in [7, 11) is 0. The zero-order valence-corrected chi connectivity index (χ0v) is 11.5. The molecule has 1 aliphatic heterocycles. The average molecular weight is 265 g/mol. The van der Waals surface area contributed by atoms with Crippen LogP contribution in [0, 0.1) is 0 Å². The van der Waals surface area contributed by atoms with E-state index in [4.69, 9.17) is 4.74 Å². The smallest absolute Gasteiger partial charge is 0.410 e. The molecule has 104 valence electrons. The molecule has 0 unspecified atom stereocenters. The second-order valence-corrected chi connectivity index (χ2v) is 5.59. The summed E-state index contributed by atoms with van der Waals surface area (Å²) in [4.78, 5) is 28.8. The third-order valence-corrected chi connectivity index (χ3v) is 2.94. The molecule has 0 fully saturated rings. The van der Waals surface area contributed by atoms with E-state index in [1.165, 1.54) is 0 Å². The van der Waals surface area contributed by atoms with Crippen molar-refractivity contribution in [1.29, 1.82) is 0 Å². The Kier molecular flexibility index (Phi) is 3.59. The Morgan fingerprint density at radius 2 is 2.11 bits per heavy atom. The molecular weight excluding hydrogens is 246 g/mol. The van der Waals surface area contributed by atoms with E-state index in [2.05, 4.69) is 4.98 Å². The maximum atomic E-state index is 12.0. The summed E-state index contributed by atoms with van der Waals surface area (Å²) in [6, 6.07) is 0. The Balaban J connectivity index is 2.05. The van der Waals surface area contributed by atoms with Crippen LogP contribution in [0.5, 0.6) is 0 Å². The minimum absolute atomic E-state index is 0.314. The lowest BCUT2D eigenvalue weighted by molar-refractivity contribution is 0.0254. The number of amides is 1. The number of nitrogens with zero attached hydrogens (tertiary/aromatic N) is 3. The van der Waals surface area contributed by atoms with Gasteiger partial charge in [0.1, 0.15) is 17.1 Å². The van der Waals surface area contributed by atoms with Crippen molar-refractivity contribution in [2.75, 3.05) is 13.1 Å². The van der Waals surface area contributed by atoms with Crippen LogP contribution in [0.2, 0.25) is 0 Å². The van der Waals surface area contributed by atoms with Crippen LogP contribution in [0.25, 0.3) is 0 Å². The van der Waals surface area contributed by atoms with Crippen molar-refractivity contribution in [3.63, 3.8) is 0 Å². The summed E-state index contributed by atoms with van der Waals surface area (Å²) >= 11 is 0. The molecule has 2 rings (SSSR count). The number of aromatic nitrogens is 2. The van der Waals surface area contributed by atoms with Gasteiger partial charge in [0.25, 0.3) is 0 Å². The van der Waals surface area contributed by atoms with E-state index >= 15 is 0 Å². The topological polar surface area (TPSA) is 64.4 Å². The van der Waals surface area contributed by atoms with E-state index < -0.39 is 5.60 Å². The lowest BCUT2D eigenvalue weighted by atomic mass is 10.2. The molecular formula is C13H19N3O3. The summed E-state index contributed by atoms with van der Waals surface area (Å²) in [5.41, 5.74) is 0.0614. The van der Waals surface area contributed by atoms with Gasteiger partial charge in [0.15, 0.2) is 6.29 Å². The molecule has 0 saturated carbocycles. The predicted octanol–water partition coefficient (Wildman–Crippen LogP) is 1.49. The van der Waals surface area contributed by atoms with Crippen LogP contribution in [0.15, 0.2) is 6.20 Å². The molecule has 0 atom stereocenters. The normalized spacial score (nSPS) is 15.6. The Morgan fingerprint density at radius 1 is 1.37 bits per heavy atom. The standard InChI is InChI=1S/C13H19N3O3/c1-13(2,3)19-12(18)15-5-4-11-14-8-10(9-17)16(11)7-6-15/h8-9H,4-7H2,1-3H3. The number of carbonyl (C=O) groups excluding carboxylic acids is 2. The van der Waals surface area contributed by atoms with Gasteiger partial charge >= 0.3 is 6.09 Å². The Hall–Kier alpha value is -1.85. The van der Waals surface area contributed by atoms with Gasteiger partial charge in [-0.1, -0.05) is 0 Å². The van der Waals surface area contributed by atoms with Crippen molar-refractivity contribution >= 4 is 12.4 Å². The van der Waals surface area contributed by atoms with Crippen LogP contribution < -0.4 is 0 Å². The number of hydrogen-bond acceptors (Lipinski definition) is 4. The largest absolute Gasteiger partial charge is 0.444 e. The highest BCUT2D eigenvalue weighted by Gasteiger charge is 2.25.